The van der Waals surface area contributed by atoms with Gasteiger partial charge in [-0.25, -0.2) is 8.78 Å². The lowest BCUT2D eigenvalue weighted by molar-refractivity contribution is 0.146. The van der Waals surface area contributed by atoms with Gasteiger partial charge in [0, 0.05) is 12.3 Å². The van der Waals surface area contributed by atoms with Crippen molar-refractivity contribution in [2.24, 2.45) is 0 Å². The van der Waals surface area contributed by atoms with Gasteiger partial charge in [0.2, 0.25) is 0 Å². The van der Waals surface area contributed by atoms with E-state index in [9.17, 15) is 8.78 Å². The van der Waals surface area contributed by atoms with Crippen LogP contribution in [0.25, 0.3) is 0 Å². The zero-order valence-electron chi connectivity index (χ0n) is 6.22. The highest BCUT2D eigenvalue weighted by molar-refractivity contribution is 6.32. The van der Waals surface area contributed by atoms with Crippen LogP contribution in [-0.2, 0) is 0 Å². The zero-order chi connectivity index (χ0) is 9.14. The molecule has 0 fully saturated rings. The van der Waals surface area contributed by atoms with Crippen LogP contribution < -0.4 is 4.74 Å². The Morgan fingerprint density at radius 2 is 2.25 bits per heavy atom. The molecule has 0 saturated heterocycles. The Bertz CT molecular complexity index is 280. The fourth-order valence-electron chi connectivity index (χ4n) is 0.751. The number of nitrogens with zero attached hydrogens (tertiary/aromatic N) is 1. The number of pyridine rings is 1. The molecule has 66 valence electrons. The summed E-state index contributed by atoms with van der Waals surface area (Å²) in [4.78, 5) is 3.42. The fraction of sp³-hybridized carbons (Fsp3) is 0.286. The Kier molecular flexibility index (Phi) is 2.81. The van der Waals surface area contributed by atoms with Gasteiger partial charge in [-0.2, -0.15) is 0 Å². The number of methoxy groups -OCH3 is 1. The van der Waals surface area contributed by atoms with Crippen molar-refractivity contribution in [1.29, 1.82) is 0 Å². The molecule has 0 amide bonds. The maximum atomic E-state index is 12.1. The molecule has 0 aliphatic carbocycles. The number of ether oxygens (including phenoxy) is 1. The molecule has 0 unspecified atom stereocenters. The van der Waals surface area contributed by atoms with E-state index in [1.54, 1.807) is 0 Å². The maximum absolute atomic E-state index is 12.1. The third-order valence-electron chi connectivity index (χ3n) is 1.31. The minimum atomic E-state index is -2.67. The molecule has 0 aliphatic rings. The van der Waals surface area contributed by atoms with Gasteiger partial charge in [-0.1, -0.05) is 11.6 Å². The highest BCUT2D eigenvalue weighted by Crippen LogP contribution is 2.31. The molecule has 1 aromatic heterocycles. The van der Waals surface area contributed by atoms with E-state index in [0.29, 0.717) is 0 Å². The number of hydrogen-bond donors (Lipinski definition) is 0. The fourth-order valence-corrected chi connectivity index (χ4v) is 1.02. The Morgan fingerprint density at radius 3 is 2.75 bits per heavy atom. The summed E-state index contributed by atoms with van der Waals surface area (Å²) in [5.41, 5.74) is -0.448. The van der Waals surface area contributed by atoms with Crippen LogP contribution in [0.2, 0.25) is 5.02 Å². The first-order valence-corrected chi connectivity index (χ1v) is 3.51. The standard InChI is InChI=1S/C7H6ClF2NO/c1-12-4-2-3-11-6(5(4)8)7(9)10/h2-3,7H,1H3. The van der Waals surface area contributed by atoms with E-state index in [1.807, 2.05) is 0 Å². The Hall–Kier alpha value is -0.900. The molecule has 0 aliphatic heterocycles. The van der Waals surface area contributed by atoms with Gasteiger partial charge in [-0.05, 0) is 0 Å². The van der Waals surface area contributed by atoms with Crippen molar-refractivity contribution >= 4 is 11.6 Å². The van der Waals surface area contributed by atoms with Crippen molar-refractivity contribution in [2.45, 2.75) is 6.43 Å². The molecular weight excluding hydrogens is 188 g/mol. The topological polar surface area (TPSA) is 22.1 Å². The highest BCUT2D eigenvalue weighted by atomic mass is 35.5. The van der Waals surface area contributed by atoms with Crippen LogP contribution in [0.5, 0.6) is 5.75 Å². The average molecular weight is 194 g/mol. The molecule has 0 aromatic carbocycles. The lowest BCUT2D eigenvalue weighted by Gasteiger charge is -2.05. The van der Waals surface area contributed by atoms with Crippen molar-refractivity contribution in [1.82, 2.24) is 4.98 Å². The van der Waals surface area contributed by atoms with Crippen LogP contribution in [-0.4, -0.2) is 12.1 Å². The van der Waals surface area contributed by atoms with Crippen molar-refractivity contribution in [3.63, 3.8) is 0 Å². The summed E-state index contributed by atoms with van der Waals surface area (Å²) in [5.74, 6) is 0.210. The molecule has 2 nitrogen and oxygen atoms in total. The molecule has 0 spiro atoms. The molecule has 12 heavy (non-hydrogen) atoms. The van der Waals surface area contributed by atoms with Crippen LogP contribution in [0, 0.1) is 0 Å². The van der Waals surface area contributed by atoms with Crippen molar-refractivity contribution in [2.75, 3.05) is 7.11 Å². The summed E-state index contributed by atoms with van der Waals surface area (Å²) in [5, 5.41) is -0.130. The second-order valence-corrected chi connectivity index (χ2v) is 2.39. The number of halogens is 3. The molecule has 0 atom stereocenters. The quantitative estimate of drug-likeness (QED) is 0.721. The normalized spacial score (nSPS) is 10.4. The van der Waals surface area contributed by atoms with Gasteiger partial charge in [0.25, 0.3) is 6.43 Å². The van der Waals surface area contributed by atoms with Gasteiger partial charge in [0.1, 0.15) is 16.5 Å². The molecule has 5 heteroatoms. The summed E-state index contributed by atoms with van der Waals surface area (Å²) in [6.07, 6.45) is -1.45. The lowest BCUT2D eigenvalue weighted by Crippen LogP contribution is -1.93. The van der Waals surface area contributed by atoms with Crippen molar-refractivity contribution < 1.29 is 13.5 Å². The van der Waals surface area contributed by atoms with E-state index in [-0.39, 0.29) is 10.8 Å². The van der Waals surface area contributed by atoms with Gasteiger partial charge < -0.3 is 4.74 Å². The van der Waals surface area contributed by atoms with Gasteiger partial charge in [0.15, 0.2) is 0 Å². The summed E-state index contributed by atoms with van der Waals surface area (Å²) in [6, 6.07) is 1.42. The monoisotopic (exact) mass is 193 g/mol. The third-order valence-corrected chi connectivity index (χ3v) is 1.69. The van der Waals surface area contributed by atoms with E-state index >= 15 is 0 Å². The molecule has 1 heterocycles. The van der Waals surface area contributed by atoms with Crippen molar-refractivity contribution in [3.8, 4) is 5.75 Å². The van der Waals surface area contributed by atoms with Gasteiger partial charge in [-0.15, -0.1) is 0 Å². The highest BCUT2D eigenvalue weighted by Gasteiger charge is 2.16. The third kappa shape index (κ3) is 1.64. The average Bonchev–Trinajstić information content (AvgIpc) is 2.04. The predicted molar refractivity (Wildman–Crippen MR) is 40.8 cm³/mol. The Balaban J connectivity index is 3.14. The Labute approximate surface area is 73.1 Å². The Morgan fingerprint density at radius 1 is 1.58 bits per heavy atom. The van der Waals surface area contributed by atoms with Gasteiger partial charge in [0.05, 0.1) is 7.11 Å². The number of alkyl halides is 2. The van der Waals surface area contributed by atoms with E-state index < -0.39 is 12.1 Å². The lowest BCUT2D eigenvalue weighted by atomic mass is 10.3. The second kappa shape index (κ2) is 3.67. The molecule has 0 bridgehead atoms. The van der Waals surface area contributed by atoms with Crippen LogP contribution in [0.15, 0.2) is 12.3 Å². The molecule has 0 N–H and O–H groups in total. The van der Waals surface area contributed by atoms with E-state index in [4.69, 9.17) is 16.3 Å². The largest absolute Gasteiger partial charge is 0.495 e. The number of aromatic nitrogens is 1. The van der Waals surface area contributed by atoms with E-state index in [1.165, 1.54) is 19.4 Å². The molecule has 0 radical (unpaired) electrons. The minimum Gasteiger partial charge on any atom is -0.495 e. The maximum Gasteiger partial charge on any atom is 0.281 e. The zero-order valence-corrected chi connectivity index (χ0v) is 6.98. The van der Waals surface area contributed by atoms with Crippen LogP contribution in [0.1, 0.15) is 12.1 Å². The first-order valence-electron chi connectivity index (χ1n) is 3.13. The first kappa shape index (κ1) is 9.19. The van der Waals surface area contributed by atoms with E-state index in [2.05, 4.69) is 4.98 Å². The van der Waals surface area contributed by atoms with Gasteiger partial charge >= 0.3 is 0 Å². The summed E-state index contributed by atoms with van der Waals surface area (Å²) in [7, 11) is 1.36. The predicted octanol–water partition coefficient (Wildman–Crippen LogP) is 2.68. The van der Waals surface area contributed by atoms with Crippen LogP contribution in [0.4, 0.5) is 8.78 Å². The van der Waals surface area contributed by atoms with Crippen LogP contribution >= 0.6 is 11.6 Å². The number of hydrogen-bond acceptors (Lipinski definition) is 2. The molecular formula is C7H6ClF2NO. The van der Waals surface area contributed by atoms with Crippen molar-refractivity contribution in [3.05, 3.63) is 23.0 Å². The molecule has 1 aromatic rings. The minimum absolute atomic E-state index is 0.130. The smallest absolute Gasteiger partial charge is 0.281 e. The number of rotatable bonds is 2. The first-order chi connectivity index (χ1) is 5.66. The van der Waals surface area contributed by atoms with E-state index in [0.717, 1.165) is 0 Å². The molecule has 1 rings (SSSR count). The molecule has 0 saturated carbocycles. The second-order valence-electron chi connectivity index (χ2n) is 2.01. The van der Waals surface area contributed by atoms with Crippen LogP contribution in [0.3, 0.4) is 0 Å². The summed E-state index contributed by atoms with van der Waals surface area (Å²) in [6.45, 7) is 0. The summed E-state index contributed by atoms with van der Waals surface area (Å²) >= 11 is 5.54. The van der Waals surface area contributed by atoms with Gasteiger partial charge in [-0.3, -0.25) is 4.98 Å². The SMILES string of the molecule is COc1ccnc(C(F)F)c1Cl. The summed E-state index contributed by atoms with van der Waals surface area (Å²) < 4.78 is 29.0.